The molecule has 0 aliphatic rings. The van der Waals surface area contributed by atoms with E-state index in [0.717, 1.165) is 99.2 Å². The first-order valence-electron chi connectivity index (χ1n) is 16.8. The number of fused-ring (bicyclic) bond motifs is 12. The molecule has 0 bridgehead atoms. The summed E-state index contributed by atoms with van der Waals surface area (Å²) in [6, 6.07) is 57.1. The van der Waals surface area contributed by atoms with E-state index in [0.29, 0.717) is 0 Å². The van der Waals surface area contributed by atoms with Crippen molar-refractivity contribution in [2.24, 2.45) is 0 Å². The van der Waals surface area contributed by atoms with Gasteiger partial charge in [-0.3, -0.25) is 0 Å². The van der Waals surface area contributed by atoms with E-state index in [2.05, 4.69) is 138 Å². The van der Waals surface area contributed by atoms with Gasteiger partial charge in [-0.1, -0.05) is 97.1 Å². The minimum atomic E-state index is 0.816. The maximum atomic E-state index is 6.63. The maximum Gasteiger partial charge on any atom is 0.143 e. The molecule has 0 saturated carbocycles. The van der Waals surface area contributed by atoms with Gasteiger partial charge in [0.25, 0.3) is 0 Å². The second kappa shape index (κ2) is 10.4. The standard InChI is InChI=1S/C46H27NO3/c1-2-9-28(10-3-1)29-17-20-31(21-18-29)47(32-22-24-35-34-13-6-7-15-38(34)48-42(35)27-32)37-14-8-16-39-44(37)45-41(49-39)26-25-40-43(45)36-23-19-30-11-4-5-12-33(30)46(36)50-40/h1-27H. The Labute approximate surface area is 286 Å². The highest BCUT2D eigenvalue weighted by molar-refractivity contribution is 6.30. The summed E-state index contributed by atoms with van der Waals surface area (Å²) in [5.41, 5.74) is 10.4. The summed E-state index contributed by atoms with van der Waals surface area (Å²) in [5, 5.41) is 8.65. The van der Waals surface area contributed by atoms with Crippen molar-refractivity contribution in [2.45, 2.75) is 0 Å². The first kappa shape index (κ1) is 27.2. The quantitative estimate of drug-likeness (QED) is 0.192. The summed E-state index contributed by atoms with van der Waals surface area (Å²) in [7, 11) is 0. The van der Waals surface area contributed by atoms with Gasteiger partial charge in [-0.05, 0) is 77.2 Å². The van der Waals surface area contributed by atoms with Crippen LogP contribution in [0.5, 0.6) is 0 Å². The molecule has 4 nitrogen and oxygen atoms in total. The van der Waals surface area contributed by atoms with Crippen LogP contribution in [0.3, 0.4) is 0 Å². The molecule has 3 aromatic heterocycles. The number of para-hydroxylation sites is 1. The molecule has 0 saturated heterocycles. The van der Waals surface area contributed by atoms with E-state index in [4.69, 9.17) is 13.3 Å². The maximum absolute atomic E-state index is 6.63. The van der Waals surface area contributed by atoms with Gasteiger partial charge in [0.15, 0.2) is 0 Å². The zero-order valence-corrected chi connectivity index (χ0v) is 26.8. The molecule has 0 spiro atoms. The molecule has 0 amide bonds. The monoisotopic (exact) mass is 641 g/mol. The lowest BCUT2D eigenvalue weighted by atomic mass is 10.0. The molecule has 4 heteroatoms. The van der Waals surface area contributed by atoms with Gasteiger partial charge >= 0.3 is 0 Å². The molecule has 0 atom stereocenters. The van der Waals surface area contributed by atoms with Gasteiger partial charge in [-0.25, -0.2) is 0 Å². The van der Waals surface area contributed by atoms with E-state index in [1.165, 1.54) is 5.56 Å². The number of hydrogen-bond donors (Lipinski definition) is 0. The predicted molar refractivity (Wildman–Crippen MR) is 206 cm³/mol. The Balaban J connectivity index is 1.21. The Morgan fingerprint density at radius 3 is 1.86 bits per heavy atom. The van der Waals surface area contributed by atoms with Crippen LogP contribution in [-0.4, -0.2) is 0 Å². The molecule has 0 fully saturated rings. The van der Waals surface area contributed by atoms with Crippen LogP contribution in [0, 0.1) is 0 Å². The fraction of sp³-hybridized carbons (Fsp3) is 0. The number of benzene rings is 8. The molecular formula is C46H27NO3. The summed E-state index contributed by atoms with van der Waals surface area (Å²) in [6.07, 6.45) is 0. The molecular weight excluding hydrogens is 615 g/mol. The Morgan fingerprint density at radius 1 is 0.340 bits per heavy atom. The molecule has 0 aliphatic heterocycles. The molecule has 11 aromatic rings. The zero-order valence-electron chi connectivity index (χ0n) is 26.8. The molecule has 3 heterocycles. The van der Waals surface area contributed by atoms with Crippen LogP contribution < -0.4 is 4.90 Å². The number of rotatable bonds is 4. The fourth-order valence-electron chi connectivity index (χ4n) is 7.79. The Morgan fingerprint density at radius 2 is 0.980 bits per heavy atom. The van der Waals surface area contributed by atoms with E-state index < -0.39 is 0 Å². The molecule has 0 unspecified atom stereocenters. The van der Waals surface area contributed by atoms with Gasteiger partial charge in [-0.15, -0.1) is 0 Å². The Hall–Kier alpha value is -6.78. The van der Waals surface area contributed by atoms with Crippen LogP contribution in [0.4, 0.5) is 17.1 Å². The number of anilines is 3. The van der Waals surface area contributed by atoms with Crippen LogP contribution in [0.25, 0.3) is 87.7 Å². The van der Waals surface area contributed by atoms with Crippen molar-refractivity contribution in [3.63, 3.8) is 0 Å². The first-order chi connectivity index (χ1) is 24.8. The first-order valence-corrected chi connectivity index (χ1v) is 16.8. The van der Waals surface area contributed by atoms with Gasteiger partial charge in [0.1, 0.15) is 33.5 Å². The lowest BCUT2D eigenvalue weighted by molar-refractivity contribution is 0.664. The van der Waals surface area contributed by atoms with Crippen LogP contribution in [0.2, 0.25) is 0 Å². The lowest BCUT2D eigenvalue weighted by Gasteiger charge is -2.26. The highest BCUT2D eigenvalue weighted by atomic mass is 16.3. The molecule has 234 valence electrons. The average Bonchev–Trinajstić information content (AvgIpc) is 3.87. The third-order valence-corrected chi connectivity index (χ3v) is 10.1. The summed E-state index contributed by atoms with van der Waals surface area (Å²) in [5.74, 6) is 0. The van der Waals surface area contributed by atoms with Crippen LogP contribution in [-0.2, 0) is 0 Å². The topological polar surface area (TPSA) is 42.7 Å². The summed E-state index contributed by atoms with van der Waals surface area (Å²) >= 11 is 0. The van der Waals surface area contributed by atoms with Crippen molar-refractivity contribution in [1.82, 2.24) is 0 Å². The SMILES string of the molecule is c1ccc(-c2ccc(N(c3ccc4c(c3)oc3ccccc34)c3cccc4oc5ccc6oc7c8ccccc8ccc7c6c5c34)cc2)cc1. The van der Waals surface area contributed by atoms with Crippen molar-refractivity contribution in [3.05, 3.63) is 164 Å². The van der Waals surface area contributed by atoms with E-state index in [9.17, 15) is 0 Å². The number of hydrogen-bond acceptors (Lipinski definition) is 4. The largest absolute Gasteiger partial charge is 0.456 e. The van der Waals surface area contributed by atoms with E-state index >= 15 is 0 Å². The van der Waals surface area contributed by atoms with Crippen molar-refractivity contribution in [2.75, 3.05) is 4.90 Å². The van der Waals surface area contributed by atoms with E-state index in [-0.39, 0.29) is 0 Å². The third kappa shape index (κ3) is 3.93. The highest BCUT2D eigenvalue weighted by Crippen LogP contribution is 2.48. The van der Waals surface area contributed by atoms with Crippen molar-refractivity contribution >= 4 is 93.7 Å². The summed E-state index contributed by atoms with van der Waals surface area (Å²) < 4.78 is 19.7. The summed E-state index contributed by atoms with van der Waals surface area (Å²) in [4.78, 5) is 2.31. The van der Waals surface area contributed by atoms with Gasteiger partial charge in [0.2, 0.25) is 0 Å². The molecule has 0 N–H and O–H groups in total. The molecule has 0 aliphatic carbocycles. The Kier molecular flexibility index (Phi) is 5.63. The average molecular weight is 642 g/mol. The highest BCUT2D eigenvalue weighted by Gasteiger charge is 2.24. The van der Waals surface area contributed by atoms with Crippen molar-refractivity contribution in [3.8, 4) is 11.1 Å². The molecule has 11 rings (SSSR count). The van der Waals surface area contributed by atoms with Gasteiger partial charge in [0, 0.05) is 49.8 Å². The minimum absolute atomic E-state index is 0.816. The smallest absolute Gasteiger partial charge is 0.143 e. The normalized spacial score (nSPS) is 12.0. The molecule has 8 aromatic carbocycles. The zero-order chi connectivity index (χ0) is 32.8. The van der Waals surface area contributed by atoms with Gasteiger partial charge in [-0.2, -0.15) is 0 Å². The fourth-order valence-corrected chi connectivity index (χ4v) is 7.79. The Bertz CT molecular complexity index is 3090. The predicted octanol–water partition coefficient (Wildman–Crippen LogP) is 13.7. The second-order valence-corrected chi connectivity index (χ2v) is 12.9. The van der Waals surface area contributed by atoms with Crippen LogP contribution in [0.15, 0.2) is 177 Å². The second-order valence-electron chi connectivity index (χ2n) is 12.9. The van der Waals surface area contributed by atoms with E-state index in [1.807, 2.05) is 30.3 Å². The molecule has 0 radical (unpaired) electrons. The third-order valence-electron chi connectivity index (χ3n) is 10.1. The van der Waals surface area contributed by atoms with Gasteiger partial charge in [0.05, 0.1) is 11.1 Å². The number of furan rings is 3. The van der Waals surface area contributed by atoms with Gasteiger partial charge < -0.3 is 18.2 Å². The van der Waals surface area contributed by atoms with E-state index in [1.54, 1.807) is 0 Å². The van der Waals surface area contributed by atoms with Crippen LogP contribution in [0.1, 0.15) is 0 Å². The summed E-state index contributed by atoms with van der Waals surface area (Å²) in [6.45, 7) is 0. The number of nitrogens with zero attached hydrogens (tertiary/aromatic N) is 1. The lowest BCUT2D eigenvalue weighted by Crippen LogP contribution is -2.10. The molecule has 50 heavy (non-hydrogen) atoms. The van der Waals surface area contributed by atoms with Crippen molar-refractivity contribution in [1.29, 1.82) is 0 Å². The minimum Gasteiger partial charge on any atom is -0.456 e. The van der Waals surface area contributed by atoms with Crippen molar-refractivity contribution < 1.29 is 13.3 Å². The van der Waals surface area contributed by atoms with Crippen LogP contribution >= 0.6 is 0 Å².